The van der Waals surface area contributed by atoms with E-state index < -0.39 is 0 Å². The lowest BCUT2D eigenvalue weighted by Crippen LogP contribution is -2.15. The van der Waals surface area contributed by atoms with Gasteiger partial charge in [0.15, 0.2) is 0 Å². The van der Waals surface area contributed by atoms with E-state index in [4.69, 9.17) is 0 Å². The topological polar surface area (TPSA) is 4.93 Å². The van der Waals surface area contributed by atoms with Gasteiger partial charge in [0.1, 0.15) is 0 Å². The minimum absolute atomic E-state index is 0.0780. The molecule has 1 aliphatic carbocycles. The number of nitrogens with zero attached hydrogens (tertiary/aromatic N) is 1. The highest BCUT2D eigenvalue weighted by Gasteiger charge is 2.36. The monoisotopic (exact) mass is 527 g/mol. The maximum atomic E-state index is 4.28. The van der Waals surface area contributed by atoms with Gasteiger partial charge in [-0.15, -0.1) is 0 Å². The number of aromatic nitrogens is 1. The highest BCUT2D eigenvalue weighted by molar-refractivity contribution is 6.00. The summed E-state index contributed by atoms with van der Waals surface area (Å²) in [5, 5.41) is 1.23. The van der Waals surface area contributed by atoms with Crippen LogP contribution in [0.3, 0.4) is 0 Å². The molecule has 1 aliphatic rings. The van der Waals surface area contributed by atoms with Crippen molar-refractivity contribution in [2.75, 3.05) is 0 Å². The van der Waals surface area contributed by atoms with E-state index in [1.165, 1.54) is 55.4 Å². The zero-order chi connectivity index (χ0) is 28.1. The Balaban J connectivity index is 1.57. The van der Waals surface area contributed by atoms with Crippen molar-refractivity contribution in [2.24, 2.45) is 0 Å². The first-order valence-corrected chi connectivity index (χ1v) is 14.4. The molecule has 198 valence electrons. The van der Waals surface area contributed by atoms with Gasteiger partial charge in [-0.25, -0.2) is 0 Å². The van der Waals surface area contributed by atoms with E-state index in [1.54, 1.807) is 0 Å². The predicted octanol–water partition coefficient (Wildman–Crippen LogP) is 10.9. The predicted molar refractivity (Wildman–Crippen MR) is 177 cm³/mol. The highest BCUT2D eigenvalue weighted by Crippen LogP contribution is 2.51. The molecule has 7 rings (SSSR count). The Morgan fingerprint density at radius 2 is 1.24 bits per heavy atom. The number of fused-ring (bicyclic) bond motifs is 4. The minimum atomic E-state index is -0.0780. The molecule has 0 N–H and O–H groups in total. The van der Waals surface area contributed by atoms with Crippen molar-refractivity contribution < 1.29 is 0 Å². The lowest BCUT2D eigenvalue weighted by molar-refractivity contribution is 0.661. The summed E-state index contributed by atoms with van der Waals surface area (Å²) >= 11 is 0. The van der Waals surface area contributed by atoms with Crippen LogP contribution in [0.25, 0.3) is 62.1 Å². The first-order chi connectivity index (χ1) is 20.0. The van der Waals surface area contributed by atoms with Gasteiger partial charge in [0.05, 0.1) is 11.2 Å². The van der Waals surface area contributed by atoms with Crippen molar-refractivity contribution in [1.82, 2.24) is 4.57 Å². The van der Waals surface area contributed by atoms with Crippen LogP contribution in [0.4, 0.5) is 0 Å². The second-order valence-corrected chi connectivity index (χ2v) is 11.4. The molecule has 0 aliphatic heterocycles. The van der Waals surface area contributed by atoms with Crippen LogP contribution < -0.4 is 0 Å². The molecule has 0 atom stereocenters. The molecule has 1 nitrogen and oxygen atoms in total. The molecule has 0 radical (unpaired) electrons. The van der Waals surface area contributed by atoms with E-state index in [-0.39, 0.29) is 5.41 Å². The van der Waals surface area contributed by atoms with Crippen LogP contribution >= 0.6 is 0 Å². The summed E-state index contributed by atoms with van der Waals surface area (Å²) in [6, 6.07) is 42.0. The second kappa shape index (κ2) is 9.64. The van der Waals surface area contributed by atoms with Crippen LogP contribution in [0, 0.1) is 0 Å². The summed E-state index contributed by atoms with van der Waals surface area (Å²) in [6.07, 6.45) is 6.37. The molecule has 0 saturated heterocycles. The Labute approximate surface area is 242 Å². The second-order valence-electron chi connectivity index (χ2n) is 11.4. The fourth-order valence-corrected chi connectivity index (χ4v) is 6.67. The Bertz CT molecular complexity index is 1910. The van der Waals surface area contributed by atoms with Gasteiger partial charge in [0.25, 0.3) is 0 Å². The summed E-state index contributed by atoms with van der Waals surface area (Å²) in [5.74, 6) is 0. The SMILES string of the molecule is C=Cc1c(/C=C\C)n(-c2cc(-c3ccccc3)cc(-c3ccccc3)c2)c2cc3c(cc12)-c1ccccc1C3(C)C. The van der Waals surface area contributed by atoms with E-state index in [1.807, 2.05) is 6.08 Å². The molecule has 5 aromatic carbocycles. The average Bonchev–Trinajstić information content (AvgIpc) is 3.44. The average molecular weight is 528 g/mol. The van der Waals surface area contributed by atoms with Gasteiger partial charge in [0, 0.05) is 22.1 Å². The van der Waals surface area contributed by atoms with Crippen molar-refractivity contribution in [3.05, 3.63) is 150 Å². The molecular formula is C40H33N. The Morgan fingerprint density at radius 3 is 1.85 bits per heavy atom. The summed E-state index contributed by atoms with van der Waals surface area (Å²) in [6.45, 7) is 11.1. The van der Waals surface area contributed by atoms with Gasteiger partial charge in [-0.2, -0.15) is 0 Å². The summed E-state index contributed by atoms with van der Waals surface area (Å²) < 4.78 is 2.44. The van der Waals surface area contributed by atoms with Gasteiger partial charge in [-0.1, -0.05) is 118 Å². The van der Waals surface area contributed by atoms with E-state index in [2.05, 4.69) is 159 Å². The zero-order valence-corrected chi connectivity index (χ0v) is 23.9. The maximum Gasteiger partial charge on any atom is 0.0544 e. The van der Waals surface area contributed by atoms with Crippen LogP contribution in [0.5, 0.6) is 0 Å². The van der Waals surface area contributed by atoms with Crippen molar-refractivity contribution in [3.63, 3.8) is 0 Å². The lowest BCUT2D eigenvalue weighted by atomic mass is 9.82. The van der Waals surface area contributed by atoms with Gasteiger partial charge in [-0.05, 0) is 87.8 Å². The van der Waals surface area contributed by atoms with Crippen molar-refractivity contribution in [1.29, 1.82) is 0 Å². The van der Waals surface area contributed by atoms with Crippen LogP contribution in [-0.2, 0) is 5.41 Å². The van der Waals surface area contributed by atoms with Crippen LogP contribution in [0.15, 0.2) is 128 Å². The molecule has 0 amide bonds. The minimum Gasteiger partial charge on any atom is -0.309 e. The third kappa shape index (κ3) is 3.92. The number of benzene rings is 5. The highest BCUT2D eigenvalue weighted by atomic mass is 15.0. The molecule has 0 spiro atoms. The maximum absolute atomic E-state index is 4.28. The molecule has 0 bridgehead atoms. The quantitative estimate of drug-likeness (QED) is 0.210. The van der Waals surface area contributed by atoms with Gasteiger partial charge < -0.3 is 4.57 Å². The van der Waals surface area contributed by atoms with E-state index in [0.717, 1.165) is 16.9 Å². The molecular weight excluding hydrogens is 494 g/mol. The van der Waals surface area contributed by atoms with Crippen LogP contribution in [-0.4, -0.2) is 4.57 Å². The zero-order valence-electron chi connectivity index (χ0n) is 23.9. The molecule has 6 aromatic rings. The molecule has 1 heteroatoms. The van der Waals surface area contributed by atoms with Gasteiger partial charge >= 0.3 is 0 Å². The lowest BCUT2D eigenvalue weighted by Gasteiger charge is -2.22. The number of rotatable bonds is 5. The van der Waals surface area contributed by atoms with E-state index in [0.29, 0.717) is 0 Å². The molecule has 1 heterocycles. The van der Waals surface area contributed by atoms with Crippen molar-refractivity contribution in [2.45, 2.75) is 26.2 Å². The van der Waals surface area contributed by atoms with Crippen molar-refractivity contribution in [3.8, 4) is 39.1 Å². The molecule has 41 heavy (non-hydrogen) atoms. The molecule has 1 aromatic heterocycles. The standard InChI is InChI=1S/C40H33N/c1-5-15-38-32(6-2)35-25-34-33-20-13-14-21-36(33)40(3,4)37(34)26-39(35)41(38)31-23-29(27-16-9-7-10-17-27)22-30(24-31)28-18-11-8-12-19-28/h5-26H,2H2,1,3-4H3/b15-5-. The molecule has 0 saturated carbocycles. The normalized spacial score (nSPS) is 13.4. The number of hydrogen-bond donors (Lipinski definition) is 0. The van der Waals surface area contributed by atoms with Crippen LogP contribution in [0.2, 0.25) is 0 Å². The number of hydrogen-bond acceptors (Lipinski definition) is 0. The fourth-order valence-electron chi connectivity index (χ4n) is 6.67. The van der Waals surface area contributed by atoms with Gasteiger partial charge in [-0.3, -0.25) is 0 Å². The summed E-state index contributed by atoms with van der Waals surface area (Å²) in [4.78, 5) is 0. The Hall–Kier alpha value is -4.88. The fraction of sp³-hybridized carbons (Fsp3) is 0.100. The summed E-state index contributed by atoms with van der Waals surface area (Å²) in [7, 11) is 0. The number of allylic oxidation sites excluding steroid dienone is 1. The summed E-state index contributed by atoms with van der Waals surface area (Å²) in [5.41, 5.74) is 14.8. The smallest absolute Gasteiger partial charge is 0.0544 e. The molecule has 0 unspecified atom stereocenters. The Kier molecular flexibility index (Phi) is 5.91. The van der Waals surface area contributed by atoms with E-state index in [9.17, 15) is 0 Å². The first kappa shape index (κ1) is 25.1. The third-order valence-electron chi connectivity index (χ3n) is 8.67. The largest absolute Gasteiger partial charge is 0.309 e. The van der Waals surface area contributed by atoms with Crippen molar-refractivity contribution >= 4 is 23.1 Å². The van der Waals surface area contributed by atoms with E-state index >= 15 is 0 Å². The Morgan fingerprint density at radius 1 is 0.634 bits per heavy atom. The third-order valence-corrected chi connectivity index (χ3v) is 8.67. The molecule has 0 fully saturated rings. The van der Waals surface area contributed by atoms with Crippen LogP contribution in [0.1, 0.15) is 43.2 Å². The first-order valence-electron chi connectivity index (χ1n) is 14.4. The van der Waals surface area contributed by atoms with Gasteiger partial charge in [0.2, 0.25) is 0 Å².